The summed E-state index contributed by atoms with van der Waals surface area (Å²) < 4.78 is 11.4. The average Bonchev–Trinajstić information content (AvgIpc) is 2.71. The van der Waals surface area contributed by atoms with Crippen molar-refractivity contribution in [2.45, 2.75) is 0 Å². The number of amides is 2. The Hall–Kier alpha value is -3.13. The van der Waals surface area contributed by atoms with Crippen molar-refractivity contribution in [2.24, 2.45) is 5.10 Å². The number of benzene rings is 2. The van der Waals surface area contributed by atoms with E-state index in [1.165, 1.54) is 6.21 Å². The molecule has 2 amide bonds. The van der Waals surface area contributed by atoms with Crippen molar-refractivity contribution in [3.8, 4) is 11.5 Å². The summed E-state index contributed by atoms with van der Waals surface area (Å²) in [5.74, 6) is 0.428. The van der Waals surface area contributed by atoms with Crippen LogP contribution < -0.4 is 20.2 Å². The molecule has 28 heavy (non-hydrogen) atoms. The van der Waals surface area contributed by atoms with E-state index >= 15 is 0 Å². The Morgan fingerprint density at radius 3 is 2.64 bits per heavy atom. The Balaban J connectivity index is 1.87. The van der Waals surface area contributed by atoms with Gasteiger partial charge in [-0.1, -0.05) is 28.6 Å². The molecule has 0 aliphatic heterocycles. The van der Waals surface area contributed by atoms with Gasteiger partial charge in [0.2, 0.25) is 0 Å². The fourth-order valence-corrected chi connectivity index (χ4v) is 2.50. The number of hydrogen-bond donors (Lipinski definition) is 2. The standard InChI is InChI=1S/C20H20BrN3O4/c1-3-10-28-18-9-6-16(21)11-15(18)12-23-24-19(25)13-22-20(26)14-4-7-17(27-2)8-5-14/h3-9,11-12H,1,10,13H2,2H3,(H,22,26)(H,24,25)/b23-12+. The van der Waals surface area contributed by atoms with Crippen LogP contribution in [0.5, 0.6) is 11.5 Å². The van der Waals surface area contributed by atoms with Gasteiger partial charge in [-0.05, 0) is 42.5 Å². The Morgan fingerprint density at radius 1 is 1.21 bits per heavy atom. The van der Waals surface area contributed by atoms with Crippen molar-refractivity contribution in [1.82, 2.24) is 10.7 Å². The highest BCUT2D eigenvalue weighted by molar-refractivity contribution is 9.10. The molecule has 146 valence electrons. The lowest BCUT2D eigenvalue weighted by Crippen LogP contribution is -2.34. The number of halogens is 1. The molecule has 0 aliphatic rings. The third-order valence-electron chi connectivity index (χ3n) is 3.48. The lowest BCUT2D eigenvalue weighted by Gasteiger charge is -2.07. The number of nitrogens with one attached hydrogen (secondary N) is 2. The summed E-state index contributed by atoms with van der Waals surface area (Å²) in [5.41, 5.74) is 3.47. The number of nitrogens with zero attached hydrogens (tertiary/aromatic N) is 1. The molecule has 0 atom stereocenters. The molecule has 0 fully saturated rings. The van der Waals surface area contributed by atoms with E-state index < -0.39 is 5.91 Å². The topological polar surface area (TPSA) is 89.0 Å². The first-order valence-corrected chi connectivity index (χ1v) is 9.10. The zero-order valence-electron chi connectivity index (χ0n) is 15.3. The van der Waals surface area contributed by atoms with E-state index in [4.69, 9.17) is 9.47 Å². The minimum absolute atomic E-state index is 0.208. The van der Waals surface area contributed by atoms with Crippen molar-refractivity contribution in [2.75, 3.05) is 20.3 Å². The Kier molecular flexibility index (Phi) is 8.23. The van der Waals surface area contributed by atoms with Gasteiger partial charge in [0, 0.05) is 15.6 Å². The zero-order valence-corrected chi connectivity index (χ0v) is 16.9. The van der Waals surface area contributed by atoms with E-state index in [2.05, 4.69) is 38.4 Å². The summed E-state index contributed by atoms with van der Waals surface area (Å²) in [6.45, 7) is 3.75. The zero-order chi connectivity index (χ0) is 20.4. The molecule has 0 aliphatic carbocycles. The van der Waals surface area contributed by atoms with Gasteiger partial charge in [0.25, 0.3) is 11.8 Å². The first-order chi connectivity index (χ1) is 13.5. The predicted molar refractivity (Wildman–Crippen MR) is 111 cm³/mol. The number of hydrogen-bond acceptors (Lipinski definition) is 5. The molecule has 2 rings (SSSR count). The van der Waals surface area contributed by atoms with E-state index in [0.29, 0.717) is 29.2 Å². The van der Waals surface area contributed by atoms with Crippen LogP contribution in [0.2, 0.25) is 0 Å². The van der Waals surface area contributed by atoms with Crippen LogP contribution in [0.1, 0.15) is 15.9 Å². The summed E-state index contributed by atoms with van der Waals surface area (Å²) in [5, 5.41) is 6.43. The molecule has 2 aromatic carbocycles. The summed E-state index contributed by atoms with van der Waals surface area (Å²) in [6.07, 6.45) is 3.10. The van der Waals surface area contributed by atoms with Gasteiger partial charge in [-0.2, -0.15) is 5.10 Å². The summed E-state index contributed by atoms with van der Waals surface area (Å²) in [7, 11) is 1.54. The van der Waals surface area contributed by atoms with Crippen molar-refractivity contribution in [3.63, 3.8) is 0 Å². The molecule has 8 heteroatoms. The Morgan fingerprint density at radius 2 is 1.96 bits per heavy atom. The highest BCUT2D eigenvalue weighted by atomic mass is 79.9. The van der Waals surface area contributed by atoms with Gasteiger partial charge in [-0.3, -0.25) is 9.59 Å². The second kappa shape index (κ2) is 10.9. The second-order valence-corrected chi connectivity index (χ2v) is 6.40. The highest BCUT2D eigenvalue weighted by Gasteiger charge is 2.08. The monoisotopic (exact) mass is 445 g/mol. The van der Waals surface area contributed by atoms with Crippen LogP contribution in [0.4, 0.5) is 0 Å². The average molecular weight is 446 g/mol. The molecule has 0 radical (unpaired) electrons. The molecule has 2 N–H and O–H groups in total. The van der Waals surface area contributed by atoms with Crippen molar-refractivity contribution in [3.05, 3.63) is 70.7 Å². The number of carbonyl (C=O) groups is 2. The molecule has 0 saturated carbocycles. The lowest BCUT2D eigenvalue weighted by atomic mass is 10.2. The van der Waals surface area contributed by atoms with Gasteiger partial charge in [-0.25, -0.2) is 5.43 Å². The van der Waals surface area contributed by atoms with Crippen LogP contribution >= 0.6 is 15.9 Å². The van der Waals surface area contributed by atoms with Gasteiger partial charge in [0.15, 0.2) is 0 Å². The number of carbonyl (C=O) groups excluding carboxylic acids is 2. The molecular formula is C20H20BrN3O4. The third-order valence-corrected chi connectivity index (χ3v) is 3.98. The molecule has 0 aromatic heterocycles. The molecule has 2 aromatic rings. The first kappa shape index (κ1) is 21.2. The van der Waals surface area contributed by atoms with Gasteiger partial charge in [0.1, 0.15) is 18.1 Å². The fraction of sp³-hybridized carbons (Fsp3) is 0.150. The summed E-state index contributed by atoms with van der Waals surface area (Å²) >= 11 is 3.38. The smallest absolute Gasteiger partial charge is 0.259 e. The van der Waals surface area contributed by atoms with Crippen LogP contribution in [-0.4, -0.2) is 38.3 Å². The molecule has 0 unspecified atom stereocenters. The third kappa shape index (κ3) is 6.55. The van der Waals surface area contributed by atoms with E-state index in [1.54, 1.807) is 49.6 Å². The normalized spacial score (nSPS) is 10.4. The van der Waals surface area contributed by atoms with Gasteiger partial charge < -0.3 is 14.8 Å². The van der Waals surface area contributed by atoms with E-state index in [-0.39, 0.29) is 12.5 Å². The van der Waals surface area contributed by atoms with Crippen LogP contribution in [0, 0.1) is 0 Å². The molecule has 0 bridgehead atoms. The number of rotatable bonds is 9. The van der Waals surface area contributed by atoms with Crippen molar-refractivity contribution < 1.29 is 19.1 Å². The molecule has 0 saturated heterocycles. The van der Waals surface area contributed by atoms with Crippen LogP contribution in [0.3, 0.4) is 0 Å². The van der Waals surface area contributed by atoms with Crippen LogP contribution in [-0.2, 0) is 4.79 Å². The predicted octanol–water partition coefficient (Wildman–Crippen LogP) is 2.90. The maximum Gasteiger partial charge on any atom is 0.259 e. The first-order valence-electron chi connectivity index (χ1n) is 8.31. The van der Waals surface area contributed by atoms with E-state index in [9.17, 15) is 9.59 Å². The minimum Gasteiger partial charge on any atom is -0.497 e. The van der Waals surface area contributed by atoms with Gasteiger partial charge in [-0.15, -0.1) is 0 Å². The fourth-order valence-electron chi connectivity index (χ4n) is 2.12. The van der Waals surface area contributed by atoms with Crippen molar-refractivity contribution in [1.29, 1.82) is 0 Å². The van der Waals surface area contributed by atoms with E-state index in [0.717, 1.165) is 4.47 Å². The Labute approximate surface area is 171 Å². The number of ether oxygens (including phenoxy) is 2. The van der Waals surface area contributed by atoms with Gasteiger partial charge >= 0.3 is 0 Å². The summed E-state index contributed by atoms with van der Waals surface area (Å²) in [6, 6.07) is 12.0. The highest BCUT2D eigenvalue weighted by Crippen LogP contribution is 2.21. The summed E-state index contributed by atoms with van der Waals surface area (Å²) in [4.78, 5) is 23.9. The Bertz CT molecular complexity index is 866. The maximum absolute atomic E-state index is 12.0. The van der Waals surface area contributed by atoms with Crippen LogP contribution in [0.15, 0.2) is 64.7 Å². The molecule has 0 heterocycles. The van der Waals surface area contributed by atoms with Crippen LogP contribution in [0.25, 0.3) is 0 Å². The molecular weight excluding hydrogens is 426 g/mol. The number of hydrazone groups is 1. The maximum atomic E-state index is 12.0. The van der Waals surface area contributed by atoms with Gasteiger partial charge in [0.05, 0.1) is 19.9 Å². The minimum atomic E-state index is -0.457. The second-order valence-electron chi connectivity index (χ2n) is 5.49. The quantitative estimate of drug-likeness (QED) is 0.352. The number of methoxy groups -OCH3 is 1. The van der Waals surface area contributed by atoms with Crippen molar-refractivity contribution >= 4 is 34.0 Å². The van der Waals surface area contributed by atoms with E-state index in [1.807, 2.05) is 6.07 Å². The lowest BCUT2D eigenvalue weighted by molar-refractivity contribution is -0.120. The SMILES string of the molecule is C=CCOc1ccc(Br)cc1/C=N/NC(=O)CNC(=O)c1ccc(OC)cc1. The molecule has 7 nitrogen and oxygen atoms in total. The molecule has 0 spiro atoms. The largest absolute Gasteiger partial charge is 0.497 e.